The first-order chi connectivity index (χ1) is 26.0. The molecule has 7 aromatic carbocycles. The highest BCUT2D eigenvalue weighted by Gasteiger charge is 2.37. The number of nitrogens with zero attached hydrogens (tertiary/aromatic N) is 4. The number of hydrogen-bond donors (Lipinski definition) is 0. The zero-order valence-corrected chi connectivity index (χ0v) is 29.6. The Bertz CT molecular complexity index is 2690. The summed E-state index contributed by atoms with van der Waals surface area (Å²) < 4.78 is 2.23. The molecule has 1 aliphatic rings. The first-order valence-electron chi connectivity index (χ1n) is 18.2. The molecule has 10 rings (SSSR count). The summed E-state index contributed by atoms with van der Waals surface area (Å²) in [6.07, 6.45) is 0. The molecule has 252 valence electrons. The van der Waals surface area contributed by atoms with Crippen LogP contribution in [0.25, 0.3) is 61.7 Å². The summed E-state index contributed by atoms with van der Waals surface area (Å²) in [5.41, 5.74) is 12.9. The molecule has 0 atom stereocenters. The summed E-state index contributed by atoms with van der Waals surface area (Å²) in [4.78, 5) is 15.3. The van der Waals surface area contributed by atoms with Gasteiger partial charge in [0.25, 0.3) is 0 Å². The topological polar surface area (TPSA) is 43.6 Å². The van der Waals surface area contributed by atoms with E-state index in [-0.39, 0.29) is 11.3 Å². The first kappa shape index (κ1) is 31.1. The molecule has 4 nitrogen and oxygen atoms in total. The Morgan fingerprint density at radius 2 is 0.962 bits per heavy atom. The molecule has 0 saturated heterocycles. The van der Waals surface area contributed by atoms with Gasteiger partial charge in [-0.05, 0) is 57.1 Å². The molecule has 2 aromatic heterocycles. The molecule has 0 fully saturated rings. The number of fused-ring (bicyclic) bond motifs is 6. The Labute approximate surface area is 309 Å². The Morgan fingerprint density at radius 1 is 0.434 bits per heavy atom. The van der Waals surface area contributed by atoms with E-state index in [1.165, 1.54) is 49.7 Å². The highest BCUT2D eigenvalue weighted by atomic mass is 15.2. The van der Waals surface area contributed by atoms with Gasteiger partial charge >= 0.3 is 0 Å². The van der Waals surface area contributed by atoms with E-state index in [1.54, 1.807) is 0 Å². The molecule has 0 amide bonds. The molecule has 0 spiro atoms. The van der Waals surface area contributed by atoms with E-state index in [0.29, 0.717) is 17.6 Å². The number of aromatic nitrogens is 4. The minimum atomic E-state index is -0.239. The number of rotatable bonds is 6. The van der Waals surface area contributed by atoms with Crippen molar-refractivity contribution in [2.24, 2.45) is 0 Å². The number of para-hydroxylation sites is 1. The largest absolute Gasteiger partial charge is 0.278 e. The summed E-state index contributed by atoms with van der Waals surface area (Å²) in [7, 11) is 0. The fraction of sp³-hybridized carbons (Fsp3) is 0.0816. The maximum Gasteiger partial charge on any atom is 0.238 e. The highest BCUT2D eigenvalue weighted by molar-refractivity contribution is 6.11. The predicted octanol–water partition coefficient (Wildman–Crippen LogP) is 11.8. The zero-order valence-electron chi connectivity index (χ0n) is 29.6. The van der Waals surface area contributed by atoms with Crippen molar-refractivity contribution in [3.05, 3.63) is 204 Å². The van der Waals surface area contributed by atoms with E-state index in [1.807, 2.05) is 36.4 Å². The predicted molar refractivity (Wildman–Crippen MR) is 216 cm³/mol. The molecule has 0 unspecified atom stereocenters. The van der Waals surface area contributed by atoms with Crippen molar-refractivity contribution in [2.75, 3.05) is 0 Å². The quantitative estimate of drug-likeness (QED) is 0.164. The lowest BCUT2D eigenvalue weighted by molar-refractivity contribution is 0.659. The third kappa shape index (κ3) is 5.09. The van der Waals surface area contributed by atoms with E-state index in [2.05, 4.69) is 158 Å². The lowest BCUT2D eigenvalue weighted by atomic mass is 9.79. The van der Waals surface area contributed by atoms with Gasteiger partial charge in [-0.15, -0.1) is 0 Å². The van der Waals surface area contributed by atoms with Crippen LogP contribution in [0.15, 0.2) is 176 Å². The Hall–Kier alpha value is -6.65. The normalized spacial score (nSPS) is 13.0. The van der Waals surface area contributed by atoms with E-state index in [9.17, 15) is 0 Å². The van der Waals surface area contributed by atoms with Gasteiger partial charge in [-0.25, -0.2) is 4.98 Å². The molecule has 4 heteroatoms. The third-order valence-electron chi connectivity index (χ3n) is 11.0. The smallest absolute Gasteiger partial charge is 0.238 e. The molecule has 0 saturated carbocycles. The molecular formula is C49H36N4. The molecule has 0 N–H and O–H groups in total. The maximum atomic E-state index is 5.17. The van der Waals surface area contributed by atoms with Gasteiger partial charge in [0.15, 0.2) is 11.6 Å². The van der Waals surface area contributed by atoms with Gasteiger partial charge in [-0.2, -0.15) is 9.97 Å². The Kier molecular flexibility index (Phi) is 7.19. The zero-order chi connectivity index (χ0) is 35.5. The van der Waals surface area contributed by atoms with Crippen LogP contribution in [0.1, 0.15) is 47.6 Å². The molecule has 1 aliphatic carbocycles. The number of hydrogen-bond acceptors (Lipinski definition) is 3. The van der Waals surface area contributed by atoms with Gasteiger partial charge in [0.1, 0.15) is 0 Å². The fourth-order valence-corrected chi connectivity index (χ4v) is 8.37. The highest BCUT2D eigenvalue weighted by Crippen LogP contribution is 2.52. The van der Waals surface area contributed by atoms with Crippen LogP contribution in [0.4, 0.5) is 0 Å². The lowest BCUT2D eigenvalue weighted by Gasteiger charge is -2.24. The molecule has 0 radical (unpaired) electrons. The molecule has 0 bridgehead atoms. The molecule has 0 aliphatic heterocycles. The van der Waals surface area contributed by atoms with Crippen LogP contribution in [-0.4, -0.2) is 19.5 Å². The average molecular weight is 681 g/mol. The second-order valence-corrected chi connectivity index (χ2v) is 14.5. The van der Waals surface area contributed by atoms with Gasteiger partial charge in [0, 0.05) is 33.2 Å². The minimum Gasteiger partial charge on any atom is -0.278 e. The van der Waals surface area contributed by atoms with Gasteiger partial charge in [0.2, 0.25) is 5.95 Å². The van der Waals surface area contributed by atoms with Crippen LogP contribution in [0.3, 0.4) is 0 Å². The van der Waals surface area contributed by atoms with Gasteiger partial charge in [-0.1, -0.05) is 172 Å². The second-order valence-electron chi connectivity index (χ2n) is 14.5. The van der Waals surface area contributed by atoms with Crippen LogP contribution in [0, 0.1) is 0 Å². The monoisotopic (exact) mass is 680 g/mol. The Balaban J connectivity index is 1.18. The van der Waals surface area contributed by atoms with Crippen LogP contribution < -0.4 is 0 Å². The first-order valence-corrected chi connectivity index (χ1v) is 18.2. The lowest BCUT2D eigenvalue weighted by Crippen LogP contribution is -2.16. The second kappa shape index (κ2) is 12.2. The molecule has 53 heavy (non-hydrogen) atoms. The van der Waals surface area contributed by atoms with Crippen LogP contribution >= 0.6 is 0 Å². The van der Waals surface area contributed by atoms with E-state index in [4.69, 9.17) is 15.0 Å². The van der Waals surface area contributed by atoms with E-state index < -0.39 is 0 Å². The SMILES string of the molecule is CC1(C)c2cc(C(c3ccccc3)c3ccccc3)ccc2-c2cc3c4ccccc4n(-c4nc(-c5ccccc5)nc(-c5ccccc5)n4)c3cc21. The fourth-order valence-electron chi connectivity index (χ4n) is 8.37. The number of benzene rings is 7. The van der Waals surface area contributed by atoms with Crippen LogP contribution in [0.2, 0.25) is 0 Å². The molecular weight excluding hydrogens is 645 g/mol. The third-order valence-corrected chi connectivity index (χ3v) is 11.0. The van der Waals surface area contributed by atoms with E-state index in [0.717, 1.165) is 22.2 Å². The minimum absolute atomic E-state index is 0.135. The summed E-state index contributed by atoms with van der Waals surface area (Å²) in [6.45, 7) is 4.73. The van der Waals surface area contributed by atoms with Crippen molar-refractivity contribution >= 4 is 21.8 Å². The van der Waals surface area contributed by atoms with Gasteiger partial charge in [0.05, 0.1) is 11.0 Å². The summed E-state index contributed by atoms with van der Waals surface area (Å²) in [5, 5.41) is 2.35. The van der Waals surface area contributed by atoms with Crippen molar-refractivity contribution in [3.63, 3.8) is 0 Å². The summed E-state index contributed by atoms with van der Waals surface area (Å²) in [6, 6.07) is 62.6. The van der Waals surface area contributed by atoms with Crippen molar-refractivity contribution in [2.45, 2.75) is 25.2 Å². The van der Waals surface area contributed by atoms with Crippen molar-refractivity contribution in [1.82, 2.24) is 19.5 Å². The van der Waals surface area contributed by atoms with Crippen molar-refractivity contribution < 1.29 is 0 Å². The average Bonchev–Trinajstić information content (AvgIpc) is 3.66. The maximum absolute atomic E-state index is 5.17. The van der Waals surface area contributed by atoms with Gasteiger partial charge in [-0.3, -0.25) is 4.57 Å². The van der Waals surface area contributed by atoms with Crippen LogP contribution in [0.5, 0.6) is 0 Å². The summed E-state index contributed by atoms with van der Waals surface area (Å²) >= 11 is 0. The van der Waals surface area contributed by atoms with Gasteiger partial charge < -0.3 is 0 Å². The summed E-state index contributed by atoms with van der Waals surface area (Å²) in [5.74, 6) is 2.03. The van der Waals surface area contributed by atoms with Crippen molar-refractivity contribution in [3.8, 4) is 39.9 Å². The molecule has 9 aromatic rings. The van der Waals surface area contributed by atoms with E-state index >= 15 is 0 Å². The Morgan fingerprint density at radius 3 is 1.57 bits per heavy atom. The molecule has 2 heterocycles. The van der Waals surface area contributed by atoms with Crippen LogP contribution in [-0.2, 0) is 5.41 Å². The standard InChI is InChI=1S/C49H36N4/c1-49(2)41-29-36(45(32-17-7-3-8-18-32)33-19-9-4-10-20-33)27-28-37(41)39-30-40-38-25-15-16-26-43(38)53(44(40)31-42(39)49)48-51-46(34-21-11-5-12-22-34)50-47(52-48)35-23-13-6-14-24-35/h3-31,45H,1-2H3. The van der Waals surface area contributed by atoms with Crippen molar-refractivity contribution in [1.29, 1.82) is 0 Å².